The highest BCUT2D eigenvalue weighted by Crippen LogP contribution is 2.42. The minimum atomic E-state index is -1.25. The number of aliphatic carboxylic acids is 1. The fourth-order valence-corrected chi connectivity index (χ4v) is 6.11. The van der Waals surface area contributed by atoms with E-state index in [-0.39, 0.29) is 22.7 Å². The first kappa shape index (κ1) is 25.5. The number of nitrogens with zero attached hydrogens (tertiary/aromatic N) is 4. The molecule has 34 heavy (non-hydrogen) atoms. The van der Waals surface area contributed by atoms with E-state index in [4.69, 9.17) is 11.5 Å². The van der Waals surface area contributed by atoms with Crippen LogP contribution < -0.4 is 21.1 Å². The van der Waals surface area contributed by atoms with Crippen LogP contribution in [0.1, 0.15) is 12.1 Å². The molecule has 0 radical (unpaired) electrons. The van der Waals surface area contributed by atoms with E-state index in [2.05, 4.69) is 15.0 Å². The number of amides is 2. The number of carboxylic acids is 1. The number of carbonyl (C=O) groups excluding carboxylic acids is 3. The Kier molecular flexibility index (Phi) is 8.90. The topological polar surface area (TPSA) is 168 Å². The maximum atomic E-state index is 11.6. The Hall–Kier alpha value is -3.10. The third kappa shape index (κ3) is 6.27. The fraction of sp³-hybridized carbons (Fsp3) is 0.300. The molecule has 0 saturated carbocycles. The molecule has 2 aromatic heterocycles. The Bertz CT molecular complexity index is 1120. The fourth-order valence-electron chi connectivity index (χ4n) is 3.05. The van der Waals surface area contributed by atoms with Gasteiger partial charge in [0.2, 0.25) is 5.91 Å². The molecule has 2 aliphatic rings. The molecular weight excluding hydrogens is 500 g/mol. The van der Waals surface area contributed by atoms with Crippen molar-refractivity contribution in [3.8, 4) is 0 Å². The number of aromatic nitrogens is 2. The van der Waals surface area contributed by atoms with Crippen molar-refractivity contribution in [2.45, 2.75) is 18.3 Å². The standard InChI is InChI=1S/C14H14N2O3S2.C6H8N4O2S/c17-11-8-12-16(11)13(14(18)19)10(9-21-12)20-7-6-15-4-2-1-3-5-15;1-12-10-4(5(7)11)3-2-13-6(8)9-3/h1-5,12H,6-9H2;2H,1H3,(H2,7,11)(H2,8,9)/b;10-4-/t12-;/m0./s1. The number of carboxylic acid groups (broad SMARTS) is 1. The van der Waals surface area contributed by atoms with Gasteiger partial charge in [-0.1, -0.05) is 11.2 Å². The van der Waals surface area contributed by atoms with Crippen molar-refractivity contribution in [1.82, 2.24) is 9.88 Å². The molecule has 2 aromatic rings. The van der Waals surface area contributed by atoms with Gasteiger partial charge < -0.3 is 26.2 Å². The average Bonchev–Trinajstić information content (AvgIpc) is 3.23. The van der Waals surface area contributed by atoms with Crippen LogP contribution in [0.4, 0.5) is 5.13 Å². The van der Waals surface area contributed by atoms with Crippen LogP contribution in [0.3, 0.4) is 0 Å². The molecule has 1 saturated heterocycles. The highest BCUT2D eigenvalue weighted by molar-refractivity contribution is 8.06. The minimum absolute atomic E-state index is 0.0155. The largest absolute Gasteiger partial charge is 0.543 e. The van der Waals surface area contributed by atoms with Gasteiger partial charge in [0.1, 0.15) is 12.8 Å². The number of hydrogen-bond acceptors (Lipinski definition) is 11. The van der Waals surface area contributed by atoms with Crippen LogP contribution in [0.2, 0.25) is 0 Å². The van der Waals surface area contributed by atoms with E-state index in [0.29, 0.717) is 23.0 Å². The van der Waals surface area contributed by atoms with E-state index in [9.17, 15) is 19.5 Å². The maximum Gasteiger partial charge on any atom is 0.273 e. The molecule has 1 atom stereocenters. The highest BCUT2D eigenvalue weighted by atomic mass is 32.2. The predicted molar refractivity (Wildman–Crippen MR) is 128 cm³/mol. The number of pyridine rings is 1. The zero-order chi connectivity index (χ0) is 24.7. The normalized spacial score (nSPS) is 17.3. The molecule has 2 aliphatic heterocycles. The van der Waals surface area contributed by atoms with Gasteiger partial charge >= 0.3 is 0 Å². The molecule has 0 spiro atoms. The first-order chi connectivity index (χ1) is 16.3. The number of β-lactam (4-membered cyclic amide) rings is 1. The van der Waals surface area contributed by atoms with Gasteiger partial charge in [-0.25, -0.2) is 9.55 Å². The van der Waals surface area contributed by atoms with E-state index < -0.39 is 11.9 Å². The van der Waals surface area contributed by atoms with E-state index in [0.717, 1.165) is 17.2 Å². The minimum Gasteiger partial charge on any atom is -0.543 e. The number of hydrogen-bond donors (Lipinski definition) is 2. The maximum absolute atomic E-state index is 11.6. The lowest BCUT2D eigenvalue weighted by molar-refractivity contribution is -0.692. The summed E-state index contributed by atoms with van der Waals surface area (Å²) in [5.41, 5.74) is 10.8. The molecule has 4 rings (SSSR count). The second-order valence-electron chi connectivity index (χ2n) is 6.81. The third-order valence-electron chi connectivity index (χ3n) is 4.59. The van der Waals surface area contributed by atoms with Crippen LogP contribution in [0.15, 0.2) is 51.7 Å². The zero-order valence-electron chi connectivity index (χ0n) is 18.1. The molecular formula is C20H22N6O5S3. The molecule has 180 valence electrons. The summed E-state index contributed by atoms with van der Waals surface area (Å²) in [5, 5.41) is 16.7. The number of thiazole rings is 1. The summed E-state index contributed by atoms with van der Waals surface area (Å²) < 4.78 is 2.04. The number of oxime groups is 1. The third-order valence-corrected chi connectivity index (χ3v) is 7.74. The van der Waals surface area contributed by atoms with Crippen LogP contribution >= 0.6 is 34.9 Å². The lowest BCUT2D eigenvalue weighted by Crippen LogP contribution is -2.55. The van der Waals surface area contributed by atoms with Crippen molar-refractivity contribution >= 4 is 63.5 Å². The summed E-state index contributed by atoms with van der Waals surface area (Å²) in [5.74, 6) is -0.673. The van der Waals surface area contributed by atoms with Crippen molar-refractivity contribution in [2.75, 3.05) is 24.3 Å². The van der Waals surface area contributed by atoms with E-state index >= 15 is 0 Å². The van der Waals surface area contributed by atoms with Gasteiger partial charge in [0, 0.05) is 28.2 Å². The van der Waals surface area contributed by atoms with E-state index in [1.807, 2.05) is 35.2 Å². The van der Waals surface area contributed by atoms with Crippen molar-refractivity contribution < 1.29 is 28.9 Å². The molecule has 0 aromatic carbocycles. The quantitative estimate of drug-likeness (QED) is 0.202. The summed E-state index contributed by atoms with van der Waals surface area (Å²) in [6.07, 6.45) is 4.37. The second-order valence-corrected chi connectivity index (χ2v) is 10.1. The number of anilines is 1. The number of nitrogens with two attached hydrogens (primary N) is 2. The molecule has 2 amide bonds. The van der Waals surface area contributed by atoms with E-state index in [1.165, 1.54) is 35.1 Å². The number of nitrogen functional groups attached to an aromatic ring is 1. The van der Waals surface area contributed by atoms with Gasteiger partial charge in [-0.3, -0.25) is 14.5 Å². The Morgan fingerprint density at radius 2 is 2.12 bits per heavy atom. The number of rotatable bonds is 8. The average molecular weight is 523 g/mol. The highest BCUT2D eigenvalue weighted by Gasteiger charge is 2.43. The van der Waals surface area contributed by atoms with E-state index in [1.54, 1.807) is 17.1 Å². The van der Waals surface area contributed by atoms with Crippen molar-refractivity contribution in [3.05, 3.63) is 52.3 Å². The molecule has 0 unspecified atom stereocenters. The van der Waals surface area contributed by atoms with Crippen LogP contribution in [0.25, 0.3) is 0 Å². The van der Waals surface area contributed by atoms with Crippen molar-refractivity contribution in [2.24, 2.45) is 10.9 Å². The number of primary amides is 1. The smallest absolute Gasteiger partial charge is 0.273 e. The van der Waals surface area contributed by atoms with Crippen molar-refractivity contribution in [3.63, 3.8) is 0 Å². The predicted octanol–water partition coefficient (Wildman–Crippen LogP) is -0.465. The SMILES string of the molecule is CO/N=C(\C(N)=O)c1csc(N)n1.O=C([O-])C1=C(SCC[n+]2ccccc2)CS[C@H]2CC(=O)N12. The summed E-state index contributed by atoms with van der Waals surface area (Å²) in [4.78, 5) is 44.2. The summed E-state index contributed by atoms with van der Waals surface area (Å²) in [6, 6.07) is 5.86. The van der Waals surface area contributed by atoms with Gasteiger partial charge in [0.05, 0.1) is 29.2 Å². The van der Waals surface area contributed by atoms with Crippen LogP contribution in [-0.2, 0) is 25.8 Å². The molecule has 14 heteroatoms. The number of carbonyl (C=O) groups is 3. The Morgan fingerprint density at radius 1 is 1.38 bits per heavy atom. The van der Waals surface area contributed by atoms with Gasteiger partial charge in [-0.05, 0) is 0 Å². The van der Waals surface area contributed by atoms with Crippen molar-refractivity contribution in [1.29, 1.82) is 0 Å². The molecule has 11 nitrogen and oxygen atoms in total. The molecule has 4 N–H and O–H groups in total. The second kappa shape index (κ2) is 11.9. The summed E-state index contributed by atoms with van der Waals surface area (Å²) in [7, 11) is 1.32. The number of aryl methyl sites for hydroxylation is 1. The summed E-state index contributed by atoms with van der Waals surface area (Å²) >= 11 is 4.31. The van der Waals surface area contributed by atoms with Gasteiger partial charge in [-0.2, -0.15) is 0 Å². The van der Waals surface area contributed by atoms with Crippen LogP contribution in [-0.4, -0.2) is 57.4 Å². The summed E-state index contributed by atoms with van der Waals surface area (Å²) in [6.45, 7) is 0.789. The molecule has 0 aliphatic carbocycles. The number of thioether (sulfide) groups is 2. The van der Waals surface area contributed by atoms with Gasteiger partial charge in [0.15, 0.2) is 29.8 Å². The monoisotopic (exact) mass is 522 g/mol. The Morgan fingerprint density at radius 3 is 2.68 bits per heavy atom. The molecule has 0 bridgehead atoms. The van der Waals surface area contributed by atoms with Crippen LogP contribution in [0, 0.1) is 0 Å². The number of fused-ring (bicyclic) bond motifs is 1. The molecule has 1 fully saturated rings. The zero-order valence-corrected chi connectivity index (χ0v) is 20.5. The Labute approximate surface area is 207 Å². The van der Waals surface area contributed by atoms with Gasteiger partial charge in [-0.15, -0.1) is 34.9 Å². The molecule has 4 heterocycles. The first-order valence-corrected chi connectivity index (χ1v) is 12.8. The van der Waals surface area contributed by atoms with Crippen LogP contribution in [0.5, 0.6) is 0 Å². The Balaban J connectivity index is 0.000000215. The van der Waals surface area contributed by atoms with Gasteiger partial charge in [0.25, 0.3) is 5.91 Å². The lowest BCUT2D eigenvalue weighted by atomic mass is 10.1. The first-order valence-electron chi connectivity index (χ1n) is 9.89. The lowest BCUT2D eigenvalue weighted by Gasteiger charge is -2.45.